The van der Waals surface area contributed by atoms with Gasteiger partial charge in [0.15, 0.2) is 0 Å². The number of aromatic hydroxyl groups is 1. The third-order valence-electron chi connectivity index (χ3n) is 5.85. The van der Waals surface area contributed by atoms with Crippen molar-refractivity contribution in [3.63, 3.8) is 0 Å². The zero-order valence-corrected chi connectivity index (χ0v) is 19.3. The zero-order chi connectivity index (χ0) is 25.2. The topological polar surface area (TPSA) is 143 Å². The smallest absolute Gasteiger partial charge is 0.263 e. The molecule has 0 saturated carbocycles. The molecule has 5 rings (SSSR count). The van der Waals surface area contributed by atoms with E-state index in [4.69, 9.17) is 5.73 Å². The number of nitrogens with two attached hydrogens (primary N) is 1. The molecule has 0 radical (unpaired) electrons. The van der Waals surface area contributed by atoms with Crippen LogP contribution in [0.2, 0.25) is 0 Å². The molecular formula is C27H21N7O2. The van der Waals surface area contributed by atoms with E-state index in [-0.39, 0.29) is 28.6 Å². The van der Waals surface area contributed by atoms with Crippen molar-refractivity contribution in [1.29, 1.82) is 5.26 Å². The van der Waals surface area contributed by atoms with Gasteiger partial charge in [-0.05, 0) is 42.1 Å². The summed E-state index contributed by atoms with van der Waals surface area (Å²) in [6.07, 6.45) is 4.32. The maximum absolute atomic E-state index is 14.1. The molecule has 0 aliphatic carbocycles. The number of anilines is 2. The fourth-order valence-corrected chi connectivity index (χ4v) is 4.23. The van der Waals surface area contributed by atoms with E-state index >= 15 is 0 Å². The van der Waals surface area contributed by atoms with Gasteiger partial charge in [0, 0.05) is 23.1 Å². The standard InChI is InChI=1S/C27H21N7O2/c1-16(32-25-19(12-28)14-31-27(29)33-25)23-11-17-6-5-9-22(18-10-21(35)15-30-13-18)24(17)26(36)34(23)20-7-3-2-4-8-20/h2-11,13-16,35H,1H3,(H3,29,31,32,33)/t16-/m0/s1. The van der Waals surface area contributed by atoms with Crippen LogP contribution in [0.25, 0.3) is 27.6 Å². The van der Waals surface area contributed by atoms with Gasteiger partial charge in [-0.1, -0.05) is 36.4 Å². The maximum atomic E-state index is 14.1. The first kappa shape index (κ1) is 22.6. The number of nitriles is 1. The number of para-hydroxylation sites is 1. The molecule has 0 spiro atoms. The van der Waals surface area contributed by atoms with Crippen LogP contribution in [-0.2, 0) is 0 Å². The minimum Gasteiger partial charge on any atom is -0.506 e. The van der Waals surface area contributed by atoms with Gasteiger partial charge in [0.25, 0.3) is 5.56 Å². The number of benzene rings is 2. The van der Waals surface area contributed by atoms with Crippen molar-refractivity contribution in [1.82, 2.24) is 19.5 Å². The molecule has 0 aliphatic rings. The van der Waals surface area contributed by atoms with Gasteiger partial charge in [0.1, 0.15) is 23.2 Å². The Morgan fingerprint density at radius 3 is 2.64 bits per heavy atom. The van der Waals surface area contributed by atoms with Crippen LogP contribution >= 0.6 is 0 Å². The van der Waals surface area contributed by atoms with E-state index in [0.717, 1.165) is 5.39 Å². The van der Waals surface area contributed by atoms with Crippen molar-refractivity contribution >= 4 is 22.5 Å². The lowest BCUT2D eigenvalue weighted by Crippen LogP contribution is -2.26. The summed E-state index contributed by atoms with van der Waals surface area (Å²) in [5.41, 5.74) is 8.39. The summed E-state index contributed by atoms with van der Waals surface area (Å²) in [4.78, 5) is 26.2. The summed E-state index contributed by atoms with van der Waals surface area (Å²) in [7, 11) is 0. The minimum absolute atomic E-state index is 0.0137. The second-order valence-electron chi connectivity index (χ2n) is 8.22. The van der Waals surface area contributed by atoms with Crippen LogP contribution in [0.3, 0.4) is 0 Å². The third kappa shape index (κ3) is 4.08. The largest absolute Gasteiger partial charge is 0.506 e. The lowest BCUT2D eigenvalue weighted by atomic mass is 9.98. The number of aromatic nitrogens is 4. The highest BCUT2D eigenvalue weighted by atomic mass is 16.3. The van der Waals surface area contributed by atoms with E-state index in [1.165, 1.54) is 12.4 Å². The number of nitrogens with zero attached hydrogens (tertiary/aromatic N) is 5. The van der Waals surface area contributed by atoms with Gasteiger partial charge < -0.3 is 16.2 Å². The number of rotatable bonds is 5. The SMILES string of the molecule is C[C@H](Nc1nc(N)ncc1C#N)c1cc2cccc(-c3cncc(O)c3)c2c(=O)n1-c1ccccc1. The number of nitrogen functional groups attached to an aromatic ring is 1. The Balaban J connectivity index is 1.75. The van der Waals surface area contributed by atoms with Crippen molar-refractivity contribution in [3.05, 3.63) is 101 Å². The van der Waals surface area contributed by atoms with Gasteiger partial charge >= 0.3 is 0 Å². The molecule has 0 aliphatic heterocycles. The van der Waals surface area contributed by atoms with Crippen molar-refractivity contribution in [2.45, 2.75) is 13.0 Å². The molecule has 5 aromatic rings. The molecule has 0 saturated heterocycles. The number of pyridine rings is 2. The first-order chi connectivity index (χ1) is 17.5. The summed E-state index contributed by atoms with van der Waals surface area (Å²) in [6.45, 7) is 1.88. The molecular weight excluding hydrogens is 454 g/mol. The Bertz CT molecular complexity index is 1690. The first-order valence-electron chi connectivity index (χ1n) is 11.1. The summed E-state index contributed by atoms with van der Waals surface area (Å²) in [6, 6.07) is 20.0. The van der Waals surface area contributed by atoms with Gasteiger partial charge in [-0.3, -0.25) is 14.3 Å². The molecule has 9 nitrogen and oxygen atoms in total. The average Bonchev–Trinajstić information content (AvgIpc) is 2.89. The Morgan fingerprint density at radius 2 is 1.89 bits per heavy atom. The Morgan fingerprint density at radius 1 is 1.08 bits per heavy atom. The fraction of sp³-hybridized carbons (Fsp3) is 0.0741. The first-order valence-corrected chi connectivity index (χ1v) is 11.1. The maximum Gasteiger partial charge on any atom is 0.263 e. The highest BCUT2D eigenvalue weighted by Gasteiger charge is 2.20. The van der Waals surface area contributed by atoms with Crippen LogP contribution < -0.4 is 16.6 Å². The molecule has 3 aromatic heterocycles. The molecule has 9 heteroatoms. The Kier molecular flexibility index (Phi) is 5.76. The van der Waals surface area contributed by atoms with Gasteiger partial charge in [-0.15, -0.1) is 0 Å². The molecule has 0 fully saturated rings. The van der Waals surface area contributed by atoms with E-state index < -0.39 is 6.04 Å². The van der Waals surface area contributed by atoms with E-state index in [0.29, 0.717) is 27.9 Å². The number of nitrogens with one attached hydrogen (secondary N) is 1. The third-order valence-corrected chi connectivity index (χ3v) is 5.85. The molecule has 36 heavy (non-hydrogen) atoms. The van der Waals surface area contributed by atoms with Crippen molar-refractivity contribution < 1.29 is 5.11 Å². The fourth-order valence-electron chi connectivity index (χ4n) is 4.23. The predicted octanol–water partition coefficient (Wildman–Crippen LogP) is 4.18. The van der Waals surface area contributed by atoms with E-state index in [1.807, 2.05) is 61.5 Å². The summed E-state index contributed by atoms with van der Waals surface area (Å²) in [5, 5.41) is 23.9. The van der Waals surface area contributed by atoms with Crippen molar-refractivity contribution in [2.75, 3.05) is 11.1 Å². The van der Waals surface area contributed by atoms with Gasteiger partial charge in [-0.25, -0.2) is 4.98 Å². The van der Waals surface area contributed by atoms with Gasteiger partial charge in [0.05, 0.1) is 23.8 Å². The van der Waals surface area contributed by atoms with Crippen LogP contribution in [0.15, 0.2) is 84.0 Å². The lowest BCUT2D eigenvalue weighted by Gasteiger charge is -2.22. The van der Waals surface area contributed by atoms with E-state index in [9.17, 15) is 15.2 Å². The second-order valence-corrected chi connectivity index (χ2v) is 8.22. The Labute approximate surface area is 206 Å². The number of hydrogen-bond donors (Lipinski definition) is 3. The van der Waals surface area contributed by atoms with Gasteiger partial charge in [0.2, 0.25) is 5.95 Å². The van der Waals surface area contributed by atoms with Crippen LogP contribution in [-0.4, -0.2) is 24.6 Å². The van der Waals surface area contributed by atoms with E-state index in [2.05, 4.69) is 26.3 Å². The van der Waals surface area contributed by atoms with Gasteiger partial charge in [-0.2, -0.15) is 10.2 Å². The molecule has 0 bridgehead atoms. The minimum atomic E-state index is -0.435. The van der Waals surface area contributed by atoms with Crippen LogP contribution in [0.1, 0.15) is 24.2 Å². The zero-order valence-electron chi connectivity index (χ0n) is 19.3. The van der Waals surface area contributed by atoms with Crippen molar-refractivity contribution in [2.24, 2.45) is 0 Å². The normalized spacial score (nSPS) is 11.7. The molecule has 176 valence electrons. The molecule has 0 amide bonds. The van der Waals surface area contributed by atoms with Crippen LogP contribution in [0.5, 0.6) is 5.75 Å². The average molecular weight is 476 g/mol. The van der Waals surface area contributed by atoms with E-state index in [1.54, 1.807) is 16.8 Å². The molecule has 2 aromatic carbocycles. The van der Waals surface area contributed by atoms with Crippen LogP contribution in [0.4, 0.5) is 11.8 Å². The second kappa shape index (κ2) is 9.19. The summed E-state index contributed by atoms with van der Waals surface area (Å²) < 4.78 is 1.64. The molecule has 0 unspecified atom stereocenters. The monoisotopic (exact) mass is 475 g/mol. The Hall–Kier alpha value is -5.23. The highest BCUT2D eigenvalue weighted by molar-refractivity contribution is 5.96. The predicted molar refractivity (Wildman–Crippen MR) is 138 cm³/mol. The quantitative estimate of drug-likeness (QED) is 0.344. The highest BCUT2D eigenvalue weighted by Crippen LogP contribution is 2.31. The summed E-state index contributed by atoms with van der Waals surface area (Å²) >= 11 is 0. The molecule has 1 atom stereocenters. The summed E-state index contributed by atoms with van der Waals surface area (Å²) in [5.74, 6) is 0.330. The lowest BCUT2D eigenvalue weighted by molar-refractivity contribution is 0.473. The molecule has 4 N–H and O–H groups in total. The molecule has 3 heterocycles. The van der Waals surface area contributed by atoms with Crippen LogP contribution in [0, 0.1) is 11.3 Å². The number of fused-ring (bicyclic) bond motifs is 1. The van der Waals surface area contributed by atoms with Crippen molar-refractivity contribution in [3.8, 4) is 28.6 Å². The number of hydrogen-bond acceptors (Lipinski definition) is 8.